The van der Waals surface area contributed by atoms with Gasteiger partial charge >= 0.3 is 0 Å². The van der Waals surface area contributed by atoms with Gasteiger partial charge in [-0.25, -0.2) is 0 Å². The van der Waals surface area contributed by atoms with Gasteiger partial charge in [0.05, 0.1) is 13.2 Å². The number of ether oxygens (including phenoxy) is 1. The van der Waals surface area contributed by atoms with Crippen LogP contribution < -0.4 is 5.32 Å². The Morgan fingerprint density at radius 2 is 2.25 bits per heavy atom. The first kappa shape index (κ1) is 9.41. The standard InChI is InChI=1S/C7H14N2O3/c1-6(2)8-7(3-9(10)11)4-12-5-7/h6,8H,3-5H2,1-2H3. The van der Waals surface area contributed by atoms with E-state index in [1.165, 1.54) is 0 Å². The Morgan fingerprint density at radius 1 is 1.67 bits per heavy atom. The highest BCUT2D eigenvalue weighted by Gasteiger charge is 2.43. The van der Waals surface area contributed by atoms with E-state index in [9.17, 15) is 10.1 Å². The van der Waals surface area contributed by atoms with Crippen molar-refractivity contribution in [1.29, 1.82) is 0 Å². The highest BCUT2D eigenvalue weighted by Crippen LogP contribution is 2.17. The van der Waals surface area contributed by atoms with E-state index in [1.54, 1.807) is 0 Å². The maximum atomic E-state index is 10.3. The minimum absolute atomic E-state index is 0.0504. The molecule has 1 N–H and O–H groups in total. The molecule has 1 aliphatic heterocycles. The fourth-order valence-electron chi connectivity index (χ4n) is 1.43. The zero-order chi connectivity index (χ0) is 9.19. The summed E-state index contributed by atoms with van der Waals surface area (Å²) in [5.41, 5.74) is -0.405. The fraction of sp³-hybridized carbons (Fsp3) is 1.00. The van der Waals surface area contributed by atoms with E-state index >= 15 is 0 Å². The van der Waals surface area contributed by atoms with Gasteiger partial charge in [-0.05, 0) is 0 Å². The Labute approximate surface area is 71.2 Å². The summed E-state index contributed by atoms with van der Waals surface area (Å²) in [7, 11) is 0. The summed E-state index contributed by atoms with van der Waals surface area (Å²) in [5, 5.41) is 13.5. The first-order valence-corrected chi connectivity index (χ1v) is 4.01. The van der Waals surface area contributed by atoms with Crippen molar-refractivity contribution in [3.63, 3.8) is 0 Å². The molecule has 12 heavy (non-hydrogen) atoms. The Balaban J connectivity index is 2.45. The van der Waals surface area contributed by atoms with Crippen molar-refractivity contribution in [2.75, 3.05) is 19.8 Å². The van der Waals surface area contributed by atoms with E-state index in [4.69, 9.17) is 4.74 Å². The lowest BCUT2D eigenvalue weighted by atomic mass is 9.96. The Morgan fingerprint density at radius 3 is 2.50 bits per heavy atom. The lowest BCUT2D eigenvalue weighted by Crippen LogP contribution is -2.65. The van der Waals surface area contributed by atoms with Gasteiger partial charge in [-0.2, -0.15) is 0 Å². The van der Waals surface area contributed by atoms with Crippen molar-refractivity contribution < 1.29 is 9.66 Å². The predicted octanol–water partition coefficient (Wildman–Crippen LogP) is 0.0301. The molecule has 1 rings (SSSR count). The molecule has 5 heteroatoms. The monoisotopic (exact) mass is 174 g/mol. The summed E-state index contributed by atoms with van der Waals surface area (Å²) in [4.78, 5) is 10.0. The van der Waals surface area contributed by atoms with Gasteiger partial charge in [0.15, 0.2) is 0 Å². The predicted molar refractivity (Wildman–Crippen MR) is 43.7 cm³/mol. The van der Waals surface area contributed by atoms with Crippen LogP contribution in [0, 0.1) is 10.1 Å². The van der Waals surface area contributed by atoms with Gasteiger partial charge in [0.1, 0.15) is 5.54 Å². The van der Waals surface area contributed by atoms with E-state index < -0.39 is 5.54 Å². The first-order chi connectivity index (χ1) is 5.54. The number of nitrogens with one attached hydrogen (secondary N) is 1. The van der Waals surface area contributed by atoms with Crippen LogP contribution in [0.15, 0.2) is 0 Å². The number of hydrogen-bond donors (Lipinski definition) is 1. The molecule has 70 valence electrons. The van der Waals surface area contributed by atoms with Crippen molar-refractivity contribution in [3.8, 4) is 0 Å². The third-order valence-corrected chi connectivity index (χ3v) is 1.78. The molecule has 1 fully saturated rings. The molecule has 1 aliphatic rings. The Bertz CT molecular complexity index is 177. The number of nitro groups is 1. The quantitative estimate of drug-likeness (QED) is 0.482. The van der Waals surface area contributed by atoms with E-state index in [1.807, 2.05) is 13.8 Å². The molecule has 0 atom stereocenters. The molecule has 0 amide bonds. The molecule has 0 aromatic carbocycles. The van der Waals surface area contributed by atoms with Crippen LogP contribution in [0.2, 0.25) is 0 Å². The van der Waals surface area contributed by atoms with Gasteiger partial charge in [0.25, 0.3) is 0 Å². The molecule has 0 bridgehead atoms. The molecule has 0 aliphatic carbocycles. The molecule has 0 radical (unpaired) electrons. The second kappa shape index (κ2) is 3.37. The molecule has 1 heterocycles. The SMILES string of the molecule is CC(C)NC1(C[N+](=O)[O-])COC1. The maximum Gasteiger partial charge on any atom is 0.226 e. The second-order valence-electron chi connectivity index (χ2n) is 3.56. The van der Waals surface area contributed by atoms with Gasteiger partial charge in [0, 0.05) is 11.0 Å². The van der Waals surface area contributed by atoms with Gasteiger partial charge < -0.3 is 4.74 Å². The smallest absolute Gasteiger partial charge is 0.226 e. The van der Waals surface area contributed by atoms with Crippen LogP contribution in [0.5, 0.6) is 0 Å². The summed E-state index contributed by atoms with van der Waals surface area (Å²) in [6.07, 6.45) is 0. The average molecular weight is 174 g/mol. The normalized spacial score (nSPS) is 20.6. The highest BCUT2D eigenvalue weighted by molar-refractivity contribution is 4.94. The fourth-order valence-corrected chi connectivity index (χ4v) is 1.43. The van der Waals surface area contributed by atoms with E-state index in [2.05, 4.69) is 5.32 Å². The summed E-state index contributed by atoms with van der Waals surface area (Å²) in [6.45, 7) is 4.80. The molecular weight excluding hydrogens is 160 g/mol. The summed E-state index contributed by atoms with van der Waals surface area (Å²) in [6, 6.07) is 0.258. The zero-order valence-corrected chi connectivity index (χ0v) is 7.37. The van der Waals surface area contributed by atoms with Gasteiger partial charge in [0.2, 0.25) is 6.54 Å². The van der Waals surface area contributed by atoms with Crippen molar-refractivity contribution in [2.45, 2.75) is 25.4 Å². The largest absolute Gasteiger partial charge is 0.377 e. The zero-order valence-electron chi connectivity index (χ0n) is 7.37. The van der Waals surface area contributed by atoms with E-state index in [0.717, 1.165) is 0 Å². The number of rotatable bonds is 4. The molecule has 1 saturated heterocycles. The molecule has 0 spiro atoms. The van der Waals surface area contributed by atoms with Crippen molar-refractivity contribution in [3.05, 3.63) is 10.1 Å². The van der Waals surface area contributed by atoms with Crippen LogP contribution in [0.25, 0.3) is 0 Å². The molecule has 0 aromatic heterocycles. The lowest BCUT2D eigenvalue weighted by Gasteiger charge is -2.40. The van der Waals surface area contributed by atoms with Crippen LogP contribution in [0.1, 0.15) is 13.8 Å². The third kappa shape index (κ3) is 2.15. The van der Waals surface area contributed by atoms with Gasteiger partial charge in [-0.15, -0.1) is 0 Å². The molecule has 0 aromatic rings. The summed E-state index contributed by atoms with van der Waals surface area (Å²) >= 11 is 0. The Kier molecular flexibility index (Phi) is 2.64. The molecule has 0 saturated carbocycles. The number of nitrogens with zero attached hydrogens (tertiary/aromatic N) is 1. The van der Waals surface area contributed by atoms with Crippen LogP contribution in [-0.4, -0.2) is 36.3 Å². The first-order valence-electron chi connectivity index (χ1n) is 4.01. The van der Waals surface area contributed by atoms with Gasteiger partial charge in [-0.1, -0.05) is 13.8 Å². The summed E-state index contributed by atoms with van der Waals surface area (Å²) in [5.74, 6) is 0. The van der Waals surface area contributed by atoms with Crippen LogP contribution in [0.4, 0.5) is 0 Å². The molecule has 0 unspecified atom stereocenters. The maximum absolute atomic E-state index is 10.3. The number of hydrogen-bond acceptors (Lipinski definition) is 4. The lowest BCUT2D eigenvalue weighted by molar-refractivity contribution is -0.499. The second-order valence-corrected chi connectivity index (χ2v) is 3.56. The molecule has 5 nitrogen and oxygen atoms in total. The van der Waals surface area contributed by atoms with Crippen molar-refractivity contribution in [2.24, 2.45) is 0 Å². The summed E-state index contributed by atoms with van der Waals surface area (Å²) < 4.78 is 4.97. The van der Waals surface area contributed by atoms with Crippen molar-refractivity contribution >= 4 is 0 Å². The topological polar surface area (TPSA) is 64.4 Å². The van der Waals surface area contributed by atoms with Gasteiger partial charge in [-0.3, -0.25) is 15.4 Å². The van der Waals surface area contributed by atoms with Crippen molar-refractivity contribution in [1.82, 2.24) is 5.32 Å². The van der Waals surface area contributed by atoms with E-state index in [0.29, 0.717) is 13.2 Å². The Hall–Kier alpha value is -0.680. The van der Waals surface area contributed by atoms with Crippen LogP contribution in [-0.2, 0) is 4.74 Å². The third-order valence-electron chi connectivity index (χ3n) is 1.78. The minimum Gasteiger partial charge on any atom is -0.377 e. The molecular formula is C7H14N2O3. The highest BCUT2D eigenvalue weighted by atomic mass is 16.6. The van der Waals surface area contributed by atoms with Crippen LogP contribution >= 0.6 is 0 Å². The minimum atomic E-state index is -0.405. The van der Waals surface area contributed by atoms with E-state index in [-0.39, 0.29) is 17.5 Å². The van der Waals surface area contributed by atoms with Crippen LogP contribution in [0.3, 0.4) is 0 Å². The average Bonchev–Trinajstić information content (AvgIpc) is 1.80.